The molecule has 148 valence electrons. The number of hydrogen-bond donors (Lipinski definition) is 2. The van der Waals surface area contributed by atoms with Crippen molar-refractivity contribution in [3.05, 3.63) is 90.4 Å². The van der Waals surface area contributed by atoms with Crippen LogP contribution in [-0.2, 0) is 0 Å². The highest BCUT2D eigenvalue weighted by molar-refractivity contribution is 5.86. The minimum atomic E-state index is -0.279. The minimum Gasteiger partial charge on any atom is -0.505 e. The molecule has 0 fully saturated rings. The van der Waals surface area contributed by atoms with Gasteiger partial charge < -0.3 is 15.2 Å². The molecule has 5 heteroatoms. The first-order valence-electron chi connectivity index (χ1n) is 9.63. The number of methoxy groups -OCH3 is 1. The number of phenolic OH excluding ortho intramolecular Hbond substituents is 1. The van der Waals surface area contributed by atoms with Gasteiger partial charge in [0, 0.05) is 35.2 Å². The van der Waals surface area contributed by atoms with Gasteiger partial charge >= 0.3 is 0 Å². The maximum absolute atomic E-state index is 10.9. The maximum atomic E-state index is 10.9. The summed E-state index contributed by atoms with van der Waals surface area (Å²) in [5.74, 6) is 0.958. The van der Waals surface area contributed by atoms with Crippen LogP contribution in [0, 0.1) is 0 Å². The number of aromatic nitrogens is 2. The van der Waals surface area contributed by atoms with E-state index in [1.54, 1.807) is 25.7 Å². The van der Waals surface area contributed by atoms with Crippen molar-refractivity contribution in [3.63, 3.8) is 0 Å². The largest absolute Gasteiger partial charge is 0.505 e. The number of benzene rings is 2. The molecule has 0 aliphatic heterocycles. The second-order valence-corrected chi connectivity index (χ2v) is 6.17. The van der Waals surface area contributed by atoms with Crippen LogP contribution in [0.1, 0.15) is 31.0 Å². The minimum absolute atomic E-state index is 0.169. The molecule has 0 saturated carbocycles. The van der Waals surface area contributed by atoms with Crippen LogP contribution >= 0.6 is 0 Å². The molecule has 0 aliphatic rings. The van der Waals surface area contributed by atoms with Gasteiger partial charge in [-0.15, -0.1) is 0 Å². The summed E-state index contributed by atoms with van der Waals surface area (Å²) in [5.41, 5.74) is 3.18. The molecule has 0 radical (unpaired) electrons. The number of nitrogens with zero attached hydrogens (tertiary/aromatic N) is 2. The first-order valence-corrected chi connectivity index (χ1v) is 9.63. The molecular weight excluding hydrogens is 362 g/mol. The smallest absolute Gasteiger partial charge is 0.147 e. The van der Waals surface area contributed by atoms with E-state index in [-0.39, 0.29) is 11.8 Å². The third-order valence-corrected chi connectivity index (χ3v) is 4.51. The van der Waals surface area contributed by atoms with Gasteiger partial charge in [0.15, 0.2) is 0 Å². The summed E-state index contributed by atoms with van der Waals surface area (Å²) in [6.07, 6.45) is 5.21. The zero-order valence-corrected chi connectivity index (χ0v) is 16.8. The van der Waals surface area contributed by atoms with Gasteiger partial charge in [-0.05, 0) is 42.0 Å². The summed E-state index contributed by atoms with van der Waals surface area (Å²) in [6, 6.07) is 18.9. The molecule has 0 spiro atoms. The van der Waals surface area contributed by atoms with Crippen molar-refractivity contribution in [2.75, 3.05) is 12.4 Å². The van der Waals surface area contributed by atoms with Crippen LogP contribution in [0.5, 0.6) is 11.5 Å². The Bertz CT molecular complexity index is 1050. The Hall–Kier alpha value is -3.60. The van der Waals surface area contributed by atoms with E-state index in [4.69, 9.17) is 4.74 Å². The van der Waals surface area contributed by atoms with Crippen molar-refractivity contribution in [3.8, 4) is 11.5 Å². The second-order valence-electron chi connectivity index (χ2n) is 6.17. The number of rotatable bonds is 5. The van der Waals surface area contributed by atoms with Gasteiger partial charge in [-0.25, -0.2) is 0 Å². The Morgan fingerprint density at radius 2 is 1.69 bits per heavy atom. The van der Waals surface area contributed by atoms with Crippen LogP contribution in [0.3, 0.4) is 0 Å². The fourth-order valence-corrected chi connectivity index (χ4v) is 3.12. The molecule has 4 rings (SSSR count). The molecule has 5 nitrogen and oxygen atoms in total. The third kappa shape index (κ3) is 4.46. The lowest BCUT2D eigenvalue weighted by atomic mass is 9.97. The van der Waals surface area contributed by atoms with E-state index in [1.165, 1.54) is 0 Å². The van der Waals surface area contributed by atoms with E-state index in [9.17, 15) is 5.11 Å². The fourth-order valence-electron chi connectivity index (χ4n) is 3.12. The number of ether oxygens (including phenoxy) is 1. The molecule has 2 N–H and O–H groups in total. The van der Waals surface area contributed by atoms with Crippen LogP contribution in [0.4, 0.5) is 5.69 Å². The molecule has 2 heterocycles. The highest BCUT2D eigenvalue weighted by Crippen LogP contribution is 2.36. The van der Waals surface area contributed by atoms with Crippen LogP contribution in [0.2, 0.25) is 0 Å². The normalized spacial score (nSPS) is 11.3. The van der Waals surface area contributed by atoms with Crippen molar-refractivity contribution in [2.24, 2.45) is 0 Å². The summed E-state index contributed by atoms with van der Waals surface area (Å²) < 4.78 is 5.22. The van der Waals surface area contributed by atoms with E-state index in [0.29, 0.717) is 5.52 Å². The van der Waals surface area contributed by atoms with Crippen molar-refractivity contribution >= 4 is 16.6 Å². The topological polar surface area (TPSA) is 67.3 Å². The quantitative estimate of drug-likeness (QED) is 0.468. The van der Waals surface area contributed by atoms with Crippen molar-refractivity contribution in [1.82, 2.24) is 9.97 Å². The lowest BCUT2D eigenvalue weighted by Crippen LogP contribution is -2.13. The molecule has 4 aromatic rings. The van der Waals surface area contributed by atoms with E-state index in [0.717, 1.165) is 28.0 Å². The highest BCUT2D eigenvalue weighted by Gasteiger charge is 2.20. The first kappa shape index (κ1) is 20.1. The number of hydrogen-bond acceptors (Lipinski definition) is 5. The van der Waals surface area contributed by atoms with Gasteiger partial charge in [-0.1, -0.05) is 38.1 Å². The Kier molecular flexibility index (Phi) is 6.63. The fraction of sp³-hybridized carbons (Fsp3) is 0.167. The predicted molar refractivity (Wildman–Crippen MR) is 117 cm³/mol. The zero-order valence-electron chi connectivity index (χ0n) is 16.8. The second kappa shape index (κ2) is 9.55. The molecule has 0 bridgehead atoms. The molecule has 0 amide bonds. The first-order chi connectivity index (χ1) is 14.3. The number of phenols is 1. The summed E-state index contributed by atoms with van der Waals surface area (Å²) in [4.78, 5) is 8.57. The number of aromatic hydroxyl groups is 1. The summed E-state index contributed by atoms with van der Waals surface area (Å²) in [6.45, 7) is 4.00. The van der Waals surface area contributed by atoms with Gasteiger partial charge in [-0.2, -0.15) is 0 Å². The van der Waals surface area contributed by atoms with Gasteiger partial charge in [-0.3, -0.25) is 9.97 Å². The molecular formula is C24H25N3O2. The molecule has 0 aliphatic carbocycles. The van der Waals surface area contributed by atoms with E-state index in [2.05, 4.69) is 15.3 Å². The monoisotopic (exact) mass is 387 g/mol. The Balaban J connectivity index is 0.00000117. The maximum Gasteiger partial charge on any atom is 0.147 e. The lowest BCUT2D eigenvalue weighted by molar-refractivity contribution is 0.415. The van der Waals surface area contributed by atoms with Gasteiger partial charge in [0.25, 0.3) is 0 Å². The van der Waals surface area contributed by atoms with Gasteiger partial charge in [0.2, 0.25) is 0 Å². The molecule has 29 heavy (non-hydrogen) atoms. The van der Waals surface area contributed by atoms with Gasteiger partial charge in [0.05, 0.1) is 13.2 Å². The average molecular weight is 387 g/mol. The van der Waals surface area contributed by atoms with Crippen LogP contribution in [-0.4, -0.2) is 22.2 Å². The summed E-state index contributed by atoms with van der Waals surface area (Å²) >= 11 is 0. The van der Waals surface area contributed by atoms with Crippen LogP contribution in [0.15, 0.2) is 79.3 Å². The predicted octanol–water partition coefficient (Wildman–Crippen LogP) is 5.57. The van der Waals surface area contributed by atoms with E-state index < -0.39 is 0 Å². The summed E-state index contributed by atoms with van der Waals surface area (Å²) in [7, 11) is 1.64. The van der Waals surface area contributed by atoms with Crippen molar-refractivity contribution in [1.29, 1.82) is 0 Å². The number of nitrogens with one attached hydrogen (secondary N) is 1. The third-order valence-electron chi connectivity index (χ3n) is 4.51. The molecule has 2 aromatic carbocycles. The average Bonchev–Trinajstić information content (AvgIpc) is 2.81. The number of pyridine rings is 2. The molecule has 1 unspecified atom stereocenters. The molecule has 1 atom stereocenters. The zero-order chi connectivity index (χ0) is 20.6. The van der Waals surface area contributed by atoms with Crippen LogP contribution < -0.4 is 10.1 Å². The Labute approximate surface area is 171 Å². The van der Waals surface area contributed by atoms with E-state index >= 15 is 0 Å². The highest BCUT2D eigenvalue weighted by atomic mass is 16.5. The Morgan fingerprint density at radius 3 is 2.38 bits per heavy atom. The van der Waals surface area contributed by atoms with Crippen molar-refractivity contribution in [2.45, 2.75) is 19.9 Å². The van der Waals surface area contributed by atoms with Gasteiger partial charge in [0.1, 0.15) is 17.0 Å². The van der Waals surface area contributed by atoms with E-state index in [1.807, 2.05) is 74.5 Å². The van der Waals surface area contributed by atoms with Crippen molar-refractivity contribution < 1.29 is 9.84 Å². The van der Waals surface area contributed by atoms with Crippen LogP contribution in [0.25, 0.3) is 10.9 Å². The SMILES string of the molecule is CC.COc1ccc(NC(c2cccnc2)c2ccc3cccnc3c2O)cc1. The summed E-state index contributed by atoms with van der Waals surface area (Å²) in [5, 5.41) is 15.3. The number of anilines is 1. The number of fused-ring (bicyclic) bond motifs is 1. The molecule has 0 saturated heterocycles. The lowest BCUT2D eigenvalue weighted by Gasteiger charge is -2.22. The molecule has 2 aromatic heterocycles. The standard InChI is InChI=1S/C22H19N3O2.C2H6/c1-27-18-9-7-17(8-10-18)25-20(16-5-2-12-23-14-16)19-11-6-15-4-3-13-24-21(15)22(19)26;1-2/h2-14,20,25-26H,1H3;1-2H3. The Morgan fingerprint density at radius 1 is 0.931 bits per heavy atom.